The SMILES string of the molecule is CNCC1(CN2CCOc3ccccc3C2)CCCCC1. The minimum Gasteiger partial charge on any atom is -0.492 e. The summed E-state index contributed by atoms with van der Waals surface area (Å²) < 4.78 is 5.90. The molecule has 1 aromatic carbocycles. The van der Waals surface area contributed by atoms with Crippen LogP contribution in [0.3, 0.4) is 0 Å². The zero-order chi connectivity index (χ0) is 14.5. The van der Waals surface area contributed by atoms with Gasteiger partial charge in [-0.2, -0.15) is 0 Å². The average Bonchev–Trinajstić information content (AvgIpc) is 2.70. The highest BCUT2D eigenvalue weighted by molar-refractivity contribution is 5.33. The number of nitrogens with one attached hydrogen (secondary N) is 1. The summed E-state index contributed by atoms with van der Waals surface area (Å²) in [6.07, 6.45) is 6.93. The Balaban J connectivity index is 1.71. The molecule has 21 heavy (non-hydrogen) atoms. The van der Waals surface area contributed by atoms with Crippen molar-refractivity contribution in [1.29, 1.82) is 0 Å². The van der Waals surface area contributed by atoms with Crippen molar-refractivity contribution in [1.82, 2.24) is 10.2 Å². The van der Waals surface area contributed by atoms with Gasteiger partial charge in [-0.1, -0.05) is 37.5 Å². The summed E-state index contributed by atoms with van der Waals surface area (Å²) in [4.78, 5) is 2.61. The van der Waals surface area contributed by atoms with Gasteiger partial charge in [-0.05, 0) is 31.4 Å². The summed E-state index contributed by atoms with van der Waals surface area (Å²) in [6, 6.07) is 8.50. The summed E-state index contributed by atoms with van der Waals surface area (Å²) in [7, 11) is 2.09. The van der Waals surface area contributed by atoms with Gasteiger partial charge >= 0.3 is 0 Å². The summed E-state index contributed by atoms with van der Waals surface area (Å²) in [5.74, 6) is 1.08. The second-order valence-corrected chi connectivity index (χ2v) is 6.76. The van der Waals surface area contributed by atoms with Gasteiger partial charge < -0.3 is 10.1 Å². The molecule has 0 saturated heterocycles. The highest BCUT2D eigenvalue weighted by atomic mass is 16.5. The second kappa shape index (κ2) is 6.80. The summed E-state index contributed by atoms with van der Waals surface area (Å²) in [6.45, 7) is 5.23. The lowest BCUT2D eigenvalue weighted by Crippen LogP contribution is -2.45. The van der Waals surface area contributed by atoms with Crippen LogP contribution >= 0.6 is 0 Å². The van der Waals surface area contributed by atoms with E-state index in [4.69, 9.17) is 4.74 Å². The number of nitrogens with zero attached hydrogens (tertiary/aromatic N) is 1. The highest BCUT2D eigenvalue weighted by Crippen LogP contribution is 2.37. The fraction of sp³-hybridized carbons (Fsp3) is 0.667. The normalized spacial score (nSPS) is 22.1. The first-order chi connectivity index (χ1) is 10.3. The van der Waals surface area contributed by atoms with Gasteiger partial charge in [-0.3, -0.25) is 4.90 Å². The minimum absolute atomic E-state index is 0.465. The van der Waals surface area contributed by atoms with E-state index in [1.54, 1.807) is 0 Å². The molecule has 1 fully saturated rings. The van der Waals surface area contributed by atoms with Gasteiger partial charge in [-0.25, -0.2) is 0 Å². The molecule has 3 heteroatoms. The average molecular weight is 288 g/mol. The van der Waals surface area contributed by atoms with E-state index in [1.807, 2.05) is 0 Å². The monoisotopic (exact) mass is 288 g/mol. The molecule has 0 spiro atoms. The Labute approximate surface area is 128 Å². The van der Waals surface area contributed by atoms with Gasteiger partial charge in [0.2, 0.25) is 0 Å². The van der Waals surface area contributed by atoms with Crippen LogP contribution in [0, 0.1) is 5.41 Å². The Kier molecular flexibility index (Phi) is 4.81. The molecule has 1 N–H and O–H groups in total. The first kappa shape index (κ1) is 14.9. The zero-order valence-corrected chi connectivity index (χ0v) is 13.2. The molecular formula is C18H28N2O. The molecule has 3 rings (SSSR count). The standard InChI is InChI=1S/C18H28N2O/c1-19-14-18(9-5-2-6-10-18)15-20-11-12-21-17-8-4-3-7-16(17)13-20/h3-4,7-8,19H,2,5-6,9-15H2,1H3. The van der Waals surface area contributed by atoms with Crippen LogP contribution in [0.1, 0.15) is 37.7 Å². The van der Waals surface area contributed by atoms with Crippen molar-refractivity contribution >= 4 is 0 Å². The van der Waals surface area contributed by atoms with Gasteiger partial charge in [-0.15, -0.1) is 0 Å². The van der Waals surface area contributed by atoms with E-state index >= 15 is 0 Å². The largest absolute Gasteiger partial charge is 0.492 e. The summed E-state index contributed by atoms with van der Waals surface area (Å²) in [5, 5.41) is 3.44. The lowest BCUT2D eigenvalue weighted by atomic mass is 9.73. The van der Waals surface area contributed by atoms with Crippen LogP contribution < -0.4 is 10.1 Å². The topological polar surface area (TPSA) is 24.5 Å². The van der Waals surface area contributed by atoms with Gasteiger partial charge in [0.1, 0.15) is 12.4 Å². The quantitative estimate of drug-likeness (QED) is 0.921. The van der Waals surface area contributed by atoms with Crippen molar-refractivity contribution in [2.24, 2.45) is 5.41 Å². The third kappa shape index (κ3) is 3.58. The lowest BCUT2D eigenvalue weighted by molar-refractivity contribution is 0.0952. The van der Waals surface area contributed by atoms with Crippen molar-refractivity contribution < 1.29 is 4.74 Å². The fourth-order valence-electron chi connectivity index (χ4n) is 4.06. The van der Waals surface area contributed by atoms with E-state index in [2.05, 4.69) is 41.5 Å². The minimum atomic E-state index is 0.465. The molecule has 0 radical (unpaired) electrons. The molecule has 1 aliphatic carbocycles. The van der Waals surface area contributed by atoms with E-state index < -0.39 is 0 Å². The molecule has 0 aromatic heterocycles. The van der Waals surface area contributed by atoms with Crippen LogP contribution in [0.4, 0.5) is 0 Å². The van der Waals surface area contributed by atoms with E-state index in [9.17, 15) is 0 Å². The maximum atomic E-state index is 5.90. The molecule has 0 atom stereocenters. The number of hydrogen-bond acceptors (Lipinski definition) is 3. The molecule has 3 nitrogen and oxygen atoms in total. The van der Waals surface area contributed by atoms with Crippen molar-refractivity contribution in [3.8, 4) is 5.75 Å². The van der Waals surface area contributed by atoms with Crippen LogP contribution in [0.5, 0.6) is 5.75 Å². The molecule has 0 amide bonds. The number of para-hydroxylation sites is 1. The van der Waals surface area contributed by atoms with E-state index in [1.165, 1.54) is 44.2 Å². The number of fused-ring (bicyclic) bond motifs is 1. The molecule has 0 bridgehead atoms. The molecule has 0 unspecified atom stereocenters. The maximum absolute atomic E-state index is 5.90. The summed E-state index contributed by atoms with van der Waals surface area (Å²) >= 11 is 0. The lowest BCUT2D eigenvalue weighted by Gasteiger charge is -2.41. The van der Waals surface area contributed by atoms with Crippen LogP contribution in [-0.2, 0) is 6.54 Å². The number of benzene rings is 1. The number of ether oxygens (including phenoxy) is 1. The van der Waals surface area contributed by atoms with Crippen molar-refractivity contribution in [3.05, 3.63) is 29.8 Å². The van der Waals surface area contributed by atoms with Crippen molar-refractivity contribution in [3.63, 3.8) is 0 Å². The molecule has 1 aliphatic heterocycles. The van der Waals surface area contributed by atoms with Crippen LogP contribution in [-0.4, -0.2) is 38.2 Å². The van der Waals surface area contributed by atoms with E-state index in [0.29, 0.717) is 5.41 Å². The van der Waals surface area contributed by atoms with Crippen molar-refractivity contribution in [2.75, 3.05) is 33.3 Å². The Bertz CT molecular complexity index is 449. The molecule has 1 heterocycles. The summed E-state index contributed by atoms with van der Waals surface area (Å²) in [5.41, 5.74) is 1.80. The van der Waals surface area contributed by atoms with Gasteiger partial charge in [0.05, 0.1) is 0 Å². The Morgan fingerprint density at radius 1 is 1.19 bits per heavy atom. The van der Waals surface area contributed by atoms with E-state index in [0.717, 1.165) is 32.0 Å². The Morgan fingerprint density at radius 2 is 2.00 bits per heavy atom. The van der Waals surface area contributed by atoms with Crippen LogP contribution in [0.25, 0.3) is 0 Å². The molecule has 2 aliphatic rings. The third-order valence-corrected chi connectivity index (χ3v) is 5.06. The zero-order valence-electron chi connectivity index (χ0n) is 13.2. The predicted molar refractivity (Wildman–Crippen MR) is 86.7 cm³/mol. The predicted octanol–water partition coefficient (Wildman–Crippen LogP) is 3.05. The van der Waals surface area contributed by atoms with E-state index in [-0.39, 0.29) is 0 Å². The maximum Gasteiger partial charge on any atom is 0.123 e. The number of hydrogen-bond donors (Lipinski definition) is 1. The molecule has 1 saturated carbocycles. The molecule has 116 valence electrons. The van der Waals surface area contributed by atoms with Crippen molar-refractivity contribution in [2.45, 2.75) is 38.6 Å². The fourth-order valence-corrected chi connectivity index (χ4v) is 4.06. The van der Waals surface area contributed by atoms with Crippen LogP contribution in [0.2, 0.25) is 0 Å². The Morgan fingerprint density at radius 3 is 2.81 bits per heavy atom. The smallest absolute Gasteiger partial charge is 0.123 e. The highest BCUT2D eigenvalue weighted by Gasteiger charge is 2.33. The Hall–Kier alpha value is -1.06. The van der Waals surface area contributed by atoms with Gasteiger partial charge in [0.15, 0.2) is 0 Å². The third-order valence-electron chi connectivity index (χ3n) is 5.06. The second-order valence-electron chi connectivity index (χ2n) is 6.76. The van der Waals surface area contributed by atoms with Gasteiger partial charge in [0, 0.05) is 31.7 Å². The first-order valence-electron chi connectivity index (χ1n) is 8.39. The van der Waals surface area contributed by atoms with Crippen LogP contribution in [0.15, 0.2) is 24.3 Å². The number of rotatable bonds is 4. The molecule has 1 aromatic rings. The first-order valence-corrected chi connectivity index (χ1v) is 8.39. The molecular weight excluding hydrogens is 260 g/mol. The van der Waals surface area contributed by atoms with Gasteiger partial charge in [0.25, 0.3) is 0 Å².